The van der Waals surface area contributed by atoms with Gasteiger partial charge in [0.2, 0.25) is 0 Å². The lowest BCUT2D eigenvalue weighted by Gasteiger charge is -2.46. The smallest absolute Gasteiger partial charge is 0.323 e. The van der Waals surface area contributed by atoms with Crippen molar-refractivity contribution in [2.75, 3.05) is 20.7 Å². The fraction of sp³-hybridized carbons (Fsp3) is 0.689. The summed E-state index contributed by atoms with van der Waals surface area (Å²) < 4.78 is 17.6. The minimum absolute atomic E-state index is 0.0303. The molecule has 2 aliphatic heterocycles. The third-order valence-corrected chi connectivity index (χ3v) is 11.6. The van der Waals surface area contributed by atoms with Gasteiger partial charge in [-0.25, -0.2) is 0 Å². The van der Waals surface area contributed by atoms with Crippen LogP contribution in [0.2, 0.25) is 0 Å². The fourth-order valence-electron chi connectivity index (χ4n) is 8.13. The second-order valence-corrected chi connectivity index (χ2v) is 16.6. The van der Waals surface area contributed by atoms with Crippen LogP contribution in [0.1, 0.15) is 106 Å². The van der Waals surface area contributed by atoms with Crippen LogP contribution in [0.15, 0.2) is 71.4 Å². The van der Waals surface area contributed by atoms with E-state index < -0.39 is 30.2 Å². The Bertz CT molecular complexity index is 1400. The predicted octanol–water partition coefficient (Wildman–Crippen LogP) is 6.54. The van der Waals surface area contributed by atoms with Crippen LogP contribution in [0.25, 0.3) is 0 Å². The van der Waals surface area contributed by atoms with E-state index in [1.165, 1.54) is 0 Å². The summed E-state index contributed by atoms with van der Waals surface area (Å²) in [5, 5.41) is 42.8. The Kier molecular flexibility index (Phi) is 19.4. The molecule has 0 amide bonds. The lowest BCUT2D eigenvalue weighted by molar-refractivity contribution is -0.298. The first-order chi connectivity index (χ1) is 26.1. The molecule has 0 saturated carbocycles. The van der Waals surface area contributed by atoms with Gasteiger partial charge in [-0.1, -0.05) is 93.0 Å². The normalized spacial score (nSPS) is 32.4. The van der Waals surface area contributed by atoms with E-state index in [1.807, 2.05) is 71.2 Å². The zero-order valence-electron chi connectivity index (χ0n) is 34.7. The van der Waals surface area contributed by atoms with Gasteiger partial charge in [0.15, 0.2) is 5.79 Å². The second kappa shape index (κ2) is 22.9. The quantitative estimate of drug-likeness (QED) is 0.0495. The molecule has 310 valence electrons. The Labute approximate surface area is 330 Å². The Balaban J connectivity index is 1.57. The number of piperidine rings is 1. The van der Waals surface area contributed by atoms with Gasteiger partial charge in [-0.3, -0.25) is 9.69 Å². The highest BCUT2D eigenvalue weighted by atomic mass is 16.6. The van der Waals surface area contributed by atoms with E-state index >= 15 is 0 Å². The number of nitrogens with zero attached hydrogens (tertiary/aromatic N) is 1. The molecule has 55 heavy (non-hydrogen) atoms. The molecule has 10 heteroatoms. The summed E-state index contributed by atoms with van der Waals surface area (Å²) >= 11 is 0. The van der Waals surface area contributed by atoms with Gasteiger partial charge in [0, 0.05) is 19.4 Å². The van der Waals surface area contributed by atoms with Gasteiger partial charge < -0.3 is 39.4 Å². The minimum Gasteiger partial charge on any atom is -0.457 e. The van der Waals surface area contributed by atoms with Gasteiger partial charge in [0.1, 0.15) is 18.4 Å². The zero-order valence-corrected chi connectivity index (χ0v) is 34.7. The number of allylic oxidation sites excluding steroid dienone is 7. The Morgan fingerprint density at radius 1 is 1.05 bits per heavy atom. The third kappa shape index (κ3) is 15.0. The van der Waals surface area contributed by atoms with Crippen molar-refractivity contribution in [2.45, 2.75) is 154 Å². The summed E-state index contributed by atoms with van der Waals surface area (Å²) in [6.07, 6.45) is 21.0. The topological polar surface area (TPSA) is 146 Å². The van der Waals surface area contributed by atoms with Crippen LogP contribution in [0.5, 0.6) is 0 Å². The molecule has 10 nitrogen and oxygen atoms in total. The van der Waals surface area contributed by atoms with E-state index in [1.54, 1.807) is 19.3 Å². The van der Waals surface area contributed by atoms with Crippen molar-refractivity contribution < 1.29 is 44.2 Å². The SMILES string of the molecule is COC1CC(/C=C(C)/C=C(\C)C(CC(O)C/C=C(C)/C=C/C(O)C/C=C/CC(C)C2OC(O)(CC=O)C(C)CC2C)OC(=O)C2CCCCN2C)C=CC1O. The van der Waals surface area contributed by atoms with Gasteiger partial charge in [0.05, 0.1) is 36.9 Å². The maximum Gasteiger partial charge on any atom is 0.323 e. The van der Waals surface area contributed by atoms with Crippen LogP contribution in [0, 0.1) is 23.7 Å². The van der Waals surface area contributed by atoms with Crippen molar-refractivity contribution in [1.29, 1.82) is 0 Å². The first-order valence-corrected chi connectivity index (χ1v) is 20.4. The first-order valence-electron chi connectivity index (χ1n) is 20.4. The van der Waals surface area contributed by atoms with Crippen molar-refractivity contribution in [3.63, 3.8) is 0 Å². The minimum atomic E-state index is -1.42. The molecule has 12 unspecified atom stereocenters. The van der Waals surface area contributed by atoms with Gasteiger partial charge >= 0.3 is 5.97 Å². The summed E-state index contributed by atoms with van der Waals surface area (Å²) in [5.74, 6) is -1.29. The number of aliphatic hydroxyl groups is 4. The summed E-state index contributed by atoms with van der Waals surface area (Å²) in [6.45, 7) is 12.8. The second-order valence-electron chi connectivity index (χ2n) is 16.6. The molecule has 12 atom stereocenters. The lowest BCUT2D eigenvalue weighted by atomic mass is 9.78. The number of carbonyl (C=O) groups excluding carboxylic acids is 2. The number of esters is 1. The van der Waals surface area contributed by atoms with Crippen LogP contribution in [-0.2, 0) is 23.8 Å². The molecule has 3 aliphatic rings. The van der Waals surface area contributed by atoms with Crippen molar-refractivity contribution in [3.8, 4) is 0 Å². The van der Waals surface area contributed by atoms with Crippen LogP contribution in [-0.4, -0.2) is 107 Å². The lowest BCUT2D eigenvalue weighted by Crippen LogP contribution is -2.51. The highest BCUT2D eigenvalue weighted by Crippen LogP contribution is 2.40. The number of carbonyl (C=O) groups is 2. The molecular weight excluding hydrogens is 698 g/mol. The summed E-state index contributed by atoms with van der Waals surface area (Å²) in [4.78, 5) is 26.6. The largest absolute Gasteiger partial charge is 0.457 e. The van der Waals surface area contributed by atoms with Crippen LogP contribution in [0.4, 0.5) is 0 Å². The van der Waals surface area contributed by atoms with Gasteiger partial charge in [-0.05, 0) is 103 Å². The standard InChI is InChI=1S/C45H71NO9/c1-30(16-19-37(48)14-10-9-13-32(3)43-34(5)27-35(6)45(52,55-43)22-24-47)17-20-38(49)29-41(54-44(51)39-15-11-12-23-46(39)7)33(4)25-31(2)26-36-18-21-40(50)42(28-36)53-8/h9-10,16-19,21,24-26,32,34-43,48-50,52H,11-15,20,22-23,27-29H2,1-8H3/b10-9+,19-16+,30-17+,31-26+,33-25+. The first kappa shape index (κ1) is 46.7. The van der Waals surface area contributed by atoms with E-state index in [0.29, 0.717) is 19.3 Å². The van der Waals surface area contributed by atoms with Crippen molar-refractivity contribution in [2.24, 2.45) is 23.7 Å². The van der Waals surface area contributed by atoms with E-state index in [2.05, 4.69) is 24.8 Å². The van der Waals surface area contributed by atoms with Crippen molar-refractivity contribution in [1.82, 2.24) is 4.90 Å². The van der Waals surface area contributed by atoms with Gasteiger partial charge in [-0.2, -0.15) is 0 Å². The summed E-state index contributed by atoms with van der Waals surface area (Å²) in [7, 11) is 3.56. The summed E-state index contributed by atoms with van der Waals surface area (Å²) in [6, 6.07) is -0.297. The molecule has 2 heterocycles. The van der Waals surface area contributed by atoms with E-state index in [0.717, 1.165) is 61.7 Å². The number of hydrogen-bond donors (Lipinski definition) is 4. The van der Waals surface area contributed by atoms with Gasteiger partial charge in [0.25, 0.3) is 0 Å². The highest BCUT2D eigenvalue weighted by molar-refractivity contribution is 5.76. The zero-order chi connectivity index (χ0) is 40.7. The Hall–Kier alpha value is -2.70. The number of aliphatic hydroxyl groups excluding tert-OH is 3. The summed E-state index contributed by atoms with van der Waals surface area (Å²) in [5.41, 5.74) is 2.75. The molecule has 2 fully saturated rings. The number of aldehydes is 1. The fourth-order valence-corrected chi connectivity index (χ4v) is 8.13. The van der Waals surface area contributed by atoms with Crippen LogP contribution < -0.4 is 0 Å². The average molecular weight is 770 g/mol. The number of rotatable bonds is 19. The number of hydrogen-bond acceptors (Lipinski definition) is 10. The Morgan fingerprint density at radius 3 is 2.47 bits per heavy atom. The molecule has 1 aliphatic carbocycles. The molecule has 2 saturated heterocycles. The van der Waals surface area contributed by atoms with Crippen LogP contribution >= 0.6 is 0 Å². The van der Waals surface area contributed by atoms with Crippen molar-refractivity contribution >= 4 is 12.3 Å². The molecule has 0 aromatic rings. The van der Waals surface area contributed by atoms with E-state index in [4.69, 9.17) is 14.2 Å². The molecule has 0 aromatic heterocycles. The molecule has 3 rings (SSSR count). The van der Waals surface area contributed by atoms with E-state index in [9.17, 15) is 30.0 Å². The van der Waals surface area contributed by atoms with Crippen LogP contribution in [0.3, 0.4) is 0 Å². The average Bonchev–Trinajstić information content (AvgIpc) is 3.13. The van der Waals surface area contributed by atoms with Crippen molar-refractivity contribution in [3.05, 3.63) is 71.4 Å². The molecule has 0 bridgehead atoms. The van der Waals surface area contributed by atoms with E-state index in [-0.39, 0.29) is 60.7 Å². The molecule has 0 radical (unpaired) electrons. The molecule has 0 spiro atoms. The maximum atomic E-state index is 13.4. The highest BCUT2D eigenvalue weighted by Gasteiger charge is 2.45. The maximum absolute atomic E-state index is 13.4. The third-order valence-electron chi connectivity index (χ3n) is 11.6. The number of methoxy groups -OCH3 is 1. The number of likely N-dealkylation sites (tertiary alicyclic amines) is 1. The Morgan fingerprint density at radius 2 is 1.78 bits per heavy atom. The molecule has 0 aromatic carbocycles. The van der Waals surface area contributed by atoms with Gasteiger partial charge in [-0.15, -0.1) is 0 Å². The number of likely N-dealkylation sites (N-methyl/N-ethyl adjacent to an activating group) is 1. The molecule has 4 N–H and O–H groups in total. The number of ether oxygens (including phenoxy) is 3. The predicted molar refractivity (Wildman–Crippen MR) is 217 cm³/mol. The monoisotopic (exact) mass is 770 g/mol. The molecular formula is C45H71NO9.